The van der Waals surface area contributed by atoms with Gasteiger partial charge in [0.2, 0.25) is 5.43 Å². The number of hydrogen-bond acceptors (Lipinski definition) is 6. The number of carbonyl (C=O) groups is 3. The van der Waals surface area contributed by atoms with Crippen LogP contribution in [0.2, 0.25) is 0 Å². The third-order valence-electron chi connectivity index (χ3n) is 9.33. The molecule has 0 saturated carbocycles. The van der Waals surface area contributed by atoms with Crippen LogP contribution in [-0.4, -0.2) is 56.1 Å². The van der Waals surface area contributed by atoms with E-state index in [1.165, 1.54) is 22.7 Å². The number of nitrogens with zero attached hydrogens (tertiary/aromatic N) is 4. The number of amides is 3. The molecule has 3 amide bonds. The van der Waals surface area contributed by atoms with Crippen molar-refractivity contribution in [1.82, 2.24) is 14.5 Å². The molecule has 0 radical (unpaired) electrons. The average molecular weight is 591 g/mol. The van der Waals surface area contributed by atoms with Gasteiger partial charge in [-0.3, -0.25) is 33.8 Å². The van der Waals surface area contributed by atoms with Crippen LogP contribution in [0.15, 0.2) is 88.9 Å². The zero-order valence-electron chi connectivity index (χ0n) is 24.9. The van der Waals surface area contributed by atoms with Gasteiger partial charge in [0.15, 0.2) is 11.4 Å². The van der Waals surface area contributed by atoms with Gasteiger partial charge < -0.3 is 10.0 Å². The predicted octanol–water partition coefficient (Wildman–Crippen LogP) is 4.56. The Labute approximate surface area is 255 Å². The van der Waals surface area contributed by atoms with E-state index in [4.69, 9.17) is 0 Å². The zero-order valence-corrected chi connectivity index (χ0v) is 24.9. The number of aromatic nitrogens is 1. The molecule has 3 heterocycles. The summed E-state index contributed by atoms with van der Waals surface area (Å²) in [5, 5.41) is 13.1. The topological polar surface area (TPSA) is 103 Å². The minimum Gasteiger partial charge on any atom is -0.502 e. The van der Waals surface area contributed by atoms with Gasteiger partial charge in [0.05, 0.1) is 23.7 Å². The number of hydrogen-bond donors (Lipinski definition) is 1. The van der Waals surface area contributed by atoms with Crippen molar-refractivity contribution < 1.29 is 19.5 Å². The summed E-state index contributed by atoms with van der Waals surface area (Å²) in [4.78, 5) is 57.1. The smallest absolute Gasteiger partial charge is 0.278 e. The van der Waals surface area contributed by atoms with Gasteiger partial charge in [-0.15, -0.1) is 0 Å². The molecule has 224 valence electrons. The van der Waals surface area contributed by atoms with Gasteiger partial charge in [-0.1, -0.05) is 61.0 Å². The maximum Gasteiger partial charge on any atom is 0.278 e. The fourth-order valence-electron chi connectivity index (χ4n) is 7.31. The lowest BCUT2D eigenvalue weighted by molar-refractivity contribution is 0.0342. The maximum atomic E-state index is 14.2. The Morgan fingerprint density at radius 1 is 0.886 bits per heavy atom. The predicted molar refractivity (Wildman–Crippen MR) is 165 cm³/mol. The Morgan fingerprint density at radius 3 is 2.27 bits per heavy atom. The van der Waals surface area contributed by atoms with Crippen LogP contribution in [0, 0.1) is 5.92 Å². The van der Waals surface area contributed by atoms with Gasteiger partial charge in [0, 0.05) is 18.3 Å². The molecule has 1 aromatic heterocycles. The van der Waals surface area contributed by atoms with E-state index in [0.717, 1.165) is 36.0 Å². The molecule has 1 N–H and O–H groups in total. The van der Waals surface area contributed by atoms with Gasteiger partial charge in [-0.2, -0.15) is 0 Å². The molecule has 0 saturated heterocycles. The minimum absolute atomic E-state index is 0.107. The Kier molecular flexibility index (Phi) is 6.57. The molecular formula is C35H34N4O5. The van der Waals surface area contributed by atoms with Crippen LogP contribution in [0.5, 0.6) is 5.75 Å². The monoisotopic (exact) mass is 590 g/mol. The fraction of sp³-hybridized carbons (Fsp3) is 0.314. The number of imide groups is 1. The molecule has 4 aliphatic rings. The molecule has 0 bridgehead atoms. The number of rotatable bonds is 4. The highest BCUT2D eigenvalue weighted by atomic mass is 16.3. The van der Waals surface area contributed by atoms with Crippen LogP contribution in [0.1, 0.15) is 82.0 Å². The molecule has 7 rings (SSSR count). The SMILES string of the molecule is CC1C=CC2=C(CCc3ccccc3C2N2C(CN3C(=O)c4ccccc4C3=O)N(C(C)C)C(=O)c3c(O)c(=O)ccn32)C1. The third kappa shape index (κ3) is 4.13. The van der Waals surface area contributed by atoms with Gasteiger partial charge >= 0.3 is 0 Å². The van der Waals surface area contributed by atoms with E-state index in [2.05, 4.69) is 31.2 Å². The molecular weight excluding hydrogens is 556 g/mol. The van der Waals surface area contributed by atoms with E-state index >= 15 is 0 Å². The Balaban J connectivity index is 1.48. The Hall–Kier alpha value is -4.92. The summed E-state index contributed by atoms with van der Waals surface area (Å²) >= 11 is 0. The molecule has 9 heteroatoms. The molecule has 3 aromatic rings. The number of aryl methyl sites for hydroxylation is 1. The van der Waals surface area contributed by atoms with Crippen molar-refractivity contribution in [2.24, 2.45) is 5.92 Å². The molecule has 2 aromatic carbocycles. The average Bonchev–Trinajstić information content (AvgIpc) is 3.14. The lowest BCUT2D eigenvalue weighted by Gasteiger charge is -2.52. The molecule has 0 fully saturated rings. The van der Waals surface area contributed by atoms with Crippen molar-refractivity contribution in [3.05, 3.63) is 122 Å². The van der Waals surface area contributed by atoms with Crippen LogP contribution in [0.3, 0.4) is 0 Å². The lowest BCUT2D eigenvalue weighted by Crippen LogP contribution is -2.67. The van der Waals surface area contributed by atoms with Crippen molar-refractivity contribution in [2.45, 2.75) is 58.3 Å². The van der Waals surface area contributed by atoms with Crippen LogP contribution in [0.25, 0.3) is 0 Å². The number of aromatic hydroxyl groups is 1. The second-order valence-corrected chi connectivity index (χ2v) is 12.4. The van der Waals surface area contributed by atoms with Crippen LogP contribution in [0.4, 0.5) is 0 Å². The Bertz CT molecular complexity index is 1820. The molecule has 9 nitrogen and oxygen atoms in total. The number of benzene rings is 2. The van der Waals surface area contributed by atoms with Crippen molar-refractivity contribution >= 4 is 17.7 Å². The zero-order chi connectivity index (χ0) is 30.9. The van der Waals surface area contributed by atoms with Crippen molar-refractivity contribution in [1.29, 1.82) is 0 Å². The van der Waals surface area contributed by atoms with E-state index < -0.39 is 47.1 Å². The molecule has 0 spiro atoms. The summed E-state index contributed by atoms with van der Waals surface area (Å²) in [6, 6.07) is 15.4. The molecule has 2 aliphatic heterocycles. The first kappa shape index (κ1) is 27.9. The first-order valence-electron chi connectivity index (χ1n) is 15.2. The fourth-order valence-corrected chi connectivity index (χ4v) is 7.31. The summed E-state index contributed by atoms with van der Waals surface area (Å²) in [7, 11) is 0. The summed E-state index contributed by atoms with van der Waals surface area (Å²) in [5.74, 6) is -1.63. The first-order chi connectivity index (χ1) is 21.2. The normalized spacial score (nSPS) is 22.7. The number of carbonyl (C=O) groups excluding carboxylic acids is 3. The quantitative estimate of drug-likeness (QED) is 0.447. The molecule has 44 heavy (non-hydrogen) atoms. The summed E-state index contributed by atoms with van der Waals surface area (Å²) in [6.07, 6.45) is 7.66. The van der Waals surface area contributed by atoms with Gasteiger partial charge in [-0.25, -0.2) is 0 Å². The van der Waals surface area contributed by atoms with Gasteiger partial charge in [0.1, 0.15) is 6.17 Å². The van der Waals surface area contributed by atoms with Crippen molar-refractivity contribution in [3.63, 3.8) is 0 Å². The van der Waals surface area contributed by atoms with E-state index in [0.29, 0.717) is 17.0 Å². The number of pyridine rings is 1. The molecule has 3 atom stereocenters. The lowest BCUT2D eigenvalue weighted by atomic mass is 9.85. The highest BCUT2D eigenvalue weighted by Gasteiger charge is 2.48. The maximum absolute atomic E-state index is 14.2. The largest absolute Gasteiger partial charge is 0.502 e. The van der Waals surface area contributed by atoms with E-state index in [1.54, 1.807) is 33.8 Å². The second-order valence-electron chi connectivity index (χ2n) is 12.4. The minimum atomic E-state index is -0.822. The van der Waals surface area contributed by atoms with E-state index in [9.17, 15) is 24.3 Å². The van der Waals surface area contributed by atoms with Crippen LogP contribution >= 0.6 is 0 Å². The van der Waals surface area contributed by atoms with E-state index in [1.807, 2.05) is 31.0 Å². The third-order valence-corrected chi connectivity index (χ3v) is 9.33. The molecule has 2 aliphatic carbocycles. The second kappa shape index (κ2) is 10.4. The van der Waals surface area contributed by atoms with Gasteiger partial charge in [0.25, 0.3) is 17.7 Å². The van der Waals surface area contributed by atoms with Crippen LogP contribution < -0.4 is 10.4 Å². The van der Waals surface area contributed by atoms with Crippen molar-refractivity contribution in [3.8, 4) is 5.75 Å². The number of fused-ring (bicyclic) bond motifs is 3. The highest BCUT2D eigenvalue weighted by molar-refractivity contribution is 6.21. The Morgan fingerprint density at radius 2 is 1.57 bits per heavy atom. The van der Waals surface area contributed by atoms with Crippen molar-refractivity contribution in [2.75, 3.05) is 11.6 Å². The van der Waals surface area contributed by atoms with Crippen LogP contribution in [-0.2, 0) is 6.42 Å². The standard InChI is InChI=1S/C35H34N4O5/c1-20(2)38-29(19-36-33(42)26-10-6-7-11-27(26)34(36)43)39(37-17-16-28(40)32(41)31(37)35(38)44)30-24-9-5-4-8-22(24)13-14-23-18-21(3)12-15-25(23)30/h4-12,15-17,20-21,29-30,41H,13-14,18-19H2,1-3H3. The highest BCUT2D eigenvalue weighted by Crippen LogP contribution is 2.44. The summed E-state index contributed by atoms with van der Waals surface area (Å²) in [6.45, 7) is 5.79. The number of allylic oxidation sites excluding steroid dienone is 2. The summed E-state index contributed by atoms with van der Waals surface area (Å²) in [5.41, 5.74) is 4.46. The molecule has 3 unspecified atom stereocenters. The van der Waals surface area contributed by atoms with E-state index in [-0.39, 0.29) is 12.2 Å². The first-order valence-corrected chi connectivity index (χ1v) is 15.2. The summed E-state index contributed by atoms with van der Waals surface area (Å²) < 4.78 is 1.57. The van der Waals surface area contributed by atoms with Gasteiger partial charge in [-0.05, 0) is 67.9 Å².